The number of nitrogens with zero attached hydrogens (tertiary/aromatic N) is 4. The van der Waals surface area contributed by atoms with E-state index < -0.39 is 0 Å². The molecule has 0 aliphatic rings. The third-order valence-corrected chi connectivity index (χ3v) is 4.53. The van der Waals surface area contributed by atoms with Gasteiger partial charge in [0.05, 0.1) is 5.22 Å². The Morgan fingerprint density at radius 1 is 0.769 bits per heavy atom. The summed E-state index contributed by atoms with van der Waals surface area (Å²) in [5.74, 6) is -0.0262. The van der Waals surface area contributed by atoms with Gasteiger partial charge >= 0.3 is 5.82 Å². The first kappa shape index (κ1) is 16.7. The molecule has 0 radical (unpaired) electrons. The molecule has 0 unspecified atom stereocenters. The van der Waals surface area contributed by atoms with Crippen molar-refractivity contribution in [3.8, 4) is 12.1 Å². The van der Waals surface area contributed by atoms with Crippen LogP contribution in [-0.4, -0.2) is 0 Å². The normalized spacial score (nSPS) is 9.77. The molecule has 120 valence electrons. The summed E-state index contributed by atoms with van der Waals surface area (Å²) < 4.78 is 0. The Morgan fingerprint density at radius 3 is 1.69 bits per heavy atom. The Balaban J connectivity index is 2.79. The van der Waals surface area contributed by atoms with Crippen LogP contribution in [0, 0.1) is 49.7 Å². The van der Waals surface area contributed by atoms with Crippen LogP contribution in [0.4, 0.5) is 0 Å². The van der Waals surface area contributed by atoms with Gasteiger partial charge < -0.3 is 0 Å². The van der Waals surface area contributed by atoms with E-state index in [-0.39, 0.29) is 11.4 Å². The molecule has 0 aliphatic heterocycles. The van der Waals surface area contributed by atoms with Crippen LogP contribution in [0.5, 0.6) is 0 Å². The van der Waals surface area contributed by atoms with Gasteiger partial charge in [-0.3, -0.25) is 0 Å². The number of aryl methyl sites for hydroxylation is 2. The first-order valence-electron chi connectivity index (χ1n) is 7.82. The van der Waals surface area contributed by atoms with Crippen molar-refractivity contribution in [3.63, 3.8) is 0 Å². The summed E-state index contributed by atoms with van der Waals surface area (Å²) in [5, 5.41) is 23.1. The highest BCUT2D eigenvalue weighted by molar-refractivity contribution is 6.03. The second-order valence-corrected chi connectivity index (χ2v) is 5.95. The fraction of sp³-hybridized carbons (Fsp3) is 0.0909. The van der Waals surface area contributed by atoms with Crippen LogP contribution >= 0.6 is 0 Å². The van der Waals surface area contributed by atoms with Crippen molar-refractivity contribution in [2.75, 3.05) is 0 Å². The Labute approximate surface area is 150 Å². The highest BCUT2D eigenvalue weighted by atomic mass is 14.9. The Kier molecular flexibility index (Phi) is 4.12. The van der Waals surface area contributed by atoms with Gasteiger partial charge in [-0.15, -0.1) is 0 Å². The molecule has 3 aromatic rings. The fourth-order valence-corrected chi connectivity index (χ4v) is 3.18. The van der Waals surface area contributed by atoms with Crippen LogP contribution < -0.4 is 10.4 Å². The lowest BCUT2D eigenvalue weighted by molar-refractivity contribution is 1.46. The van der Waals surface area contributed by atoms with E-state index in [9.17, 15) is 10.5 Å². The lowest BCUT2D eigenvalue weighted by Gasteiger charge is -2.09. The van der Waals surface area contributed by atoms with Crippen LogP contribution in [0.2, 0.25) is 0 Å². The Hall–Kier alpha value is -4.12. The van der Waals surface area contributed by atoms with Crippen LogP contribution in [-0.2, 0) is 0 Å². The Morgan fingerprint density at radius 2 is 1.23 bits per heavy atom. The van der Waals surface area contributed by atoms with E-state index in [1.165, 1.54) is 0 Å². The van der Waals surface area contributed by atoms with E-state index >= 15 is 0 Å². The highest BCUT2D eigenvalue weighted by Crippen LogP contribution is 2.26. The highest BCUT2D eigenvalue weighted by Gasteiger charge is 2.12. The van der Waals surface area contributed by atoms with E-state index in [0.717, 1.165) is 21.9 Å². The van der Waals surface area contributed by atoms with Gasteiger partial charge in [-0.1, -0.05) is 24.3 Å². The number of hydrogen-bond acceptors (Lipinski definition) is 2. The quantitative estimate of drug-likeness (QED) is 0.465. The predicted octanol–water partition coefficient (Wildman–Crippen LogP) is 3.71. The van der Waals surface area contributed by atoms with E-state index in [1.54, 1.807) is 12.1 Å². The molecule has 0 fully saturated rings. The van der Waals surface area contributed by atoms with E-state index in [2.05, 4.69) is 9.69 Å². The van der Waals surface area contributed by atoms with Gasteiger partial charge in [0.15, 0.2) is 0 Å². The third kappa shape index (κ3) is 2.44. The van der Waals surface area contributed by atoms with E-state index in [1.807, 2.05) is 50.3 Å². The minimum absolute atomic E-state index is 0.0124. The lowest BCUT2D eigenvalue weighted by Crippen LogP contribution is -2.14. The maximum atomic E-state index is 9.31. The molecule has 26 heavy (non-hydrogen) atoms. The van der Waals surface area contributed by atoms with Gasteiger partial charge in [0.1, 0.15) is 30.9 Å². The Bertz CT molecular complexity index is 1240. The van der Waals surface area contributed by atoms with Crippen LogP contribution in [0.25, 0.3) is 42.6 Å². The number of nitriles is 2. The van der Waals surface area contributed by atoms with Crippen molar-refractivity contribution in [2.24, 2.45) is 0 Å². The predicted molar refractivity (Wildman–Crippen MR) is 101 cm³/mol. The van der Waals surface area contributed by atoms with Gasteiger partial charge in [-0.05, 0) is 58.7 Å². The molecule has 0 aliphatic carbocycles. The molecular formula is C22H12N4. The third-order valence-electron chi connectivity index (χ3n) is 4.53. The molecule has 0 aromatic heterocycles. The maximum Gasteiger partial charge on any atom is 0.527 e. The van der Waals surface area contributed by atoms with Crippen molar-refractivity contribution >= 4 is 32.9 Å². The summed E-state index contributed by atoms with van der Waals surface area (Å²) >= 11 is 0. The van der Waals surface area contributed by atoms with Crippen molar-refractivity contribution in [1.29, 1.82) is 10.5 Å². The van der Waals surface area contributed by atoms with Gasteiger partial charge in [-0.2, -0.15) is 20.2 Å². The van der Waals surface area contributed by atoms with Crippen molar-refractivity contribution in [3.05, 3.63) is 80.8 Å². The summed E-state index contributed by atoms with van der Waals surface area (Å²) in [4.78, 5) is 6.67. The van der Waals surface area contributed by atoms with Crippen LogP contribution in [0.1, 0.15) is 11.1 Å². The molecule has 4 nitrogen and oxygen atoms in total. The zero-order valence-electron chi connectivity index (χ0n) is 14.3. The summed E-state index contributed by atoms with van der Waals surface area (Å²) in [6.45, 7) is 18.6. The minimum Gasteiger partial charge on any atom is -0.192 e. The van der Waals surface area contributed by atoms with E-state index in [4.69, 9.17) is 13.1 Å². The number of fused-ring (bicyclic) bond motifs is 2. The average molecular weight is 332 g/mol. The molecule has 0 spiro atoms. The first-order valence-corrected chi connectivity index (χ1v) is 7.82. The van der Waals surface area contributed by atoms with Crippen LogP contribution in [0.3, 0.4) is 0 Å². The van der Waals surface area contributed by atoms with Gasteiger partial charge in [0.25, 0.3) is 0 Å². The van der Waals surface area contributed by atoms with E-state index in [0.29, 0.717) is 21.2 Å². The number of benzene rings is 3. The minimum atomic E-state index is -0.0262. The maximum absolute atomic E-state index is 9.31. The molecule has 0 bridgehead atoms. The second-order valence-electron chi connectivity index (χ2n) is 5.95. The standard InChI is InChI=1S/C22H12N4/c1-13-5-6-14(2)19-10-21-17(22(25-3)26-4)8-7-16(15(11-23)12-24)20(21)9-18(13)19/h5-10H,1-2H3. The fourth-order valence-electron chi connectivity index (χ4n) is 3.18. The topological polar surface area (TPSA) is 56.3 Å². The summed E-state index contributed by atoms with van der Waals surface area (Å²) in [6, 6.07) is 15.1. The van der Waals surface area contributed by atoms with Gasteiger partial charge in [0, 0.05) is 5.22 Å². The molecule has 0 saturated carbocycles. The lowest BCUT2D eigenvalue weighted by atomic mass is 9.94. The molecule has 0 saturated heterocycles. The SMILES string of the molecule is [C-]#[N+]C([N+]#[C-])=c1ccc(=C(C#N)C#N)c2cc3c(C)ccc(C)c3cc12. The van der Waals surface area contributed by atoms with Crippen molar-refractivity contribution < 1.29 is 0 Å². The molecule has 0 N–H and O–H groups in total. The molecular weight excluding hydrogens is 320 g/mol. The zero-order valence-corrected chi connectivity index (χ0v) is 14.3. The zero-order chi connectivity index (χ0) is 18.8. The van der Waals surface area contributed by atoms with Crippen molar-refractivity contribution in [1.82, 2.24) is 0 Å². The molecule has 4 heteroatoms. The largest absolute Gasteiger partial charge is 0.527 e. The second kappa shape index (κ2) is 6.41. The van der Waals surface area contributed by atoms with Gasteiger partial charge in [-0.25, -0.2) is 0 Å². The molecule has 3 aromatic carbocycles. The molecule has 3 rings (SSSR count). The summed E-state index contributed by atoms with van der Waals surface area (Å²) in [7, 11) is 0. The number of rotatable bonds is 0. The smallest absolute Gasteiger partial charge is 0.192 e. The molecule has 0 atom stereocenters. The monoisotopic (exact) mass is 332 g/mol. The van der Waals surface area contributed by atoms with Crippen LogP contribution in [0.15, 0.2) is 36.4 Å². The number of hydrogen-bond donors (Lipinski definition) is 0. The molecule has 0 heterocycles. The van der Waals surface area contributed by atoms with Crippen molar-refractivity contribution in [2.45, 2.75) is 13.8 Å². The first-order chi connectivity index (χ1) is 12.5. The average Bonchev–Trinajstić information content (AvgIpc) is 2.67. The molecule has 0 amide bonds. The van der Waals surface area contributed by atoms with Gasteiger partial charge in [0.2, 0.25) is 0 Å². The summed E-state index contributed by atoms with van der Waals surface area (Å²) in [5.41, 5.74) is 2.18. The summed E-state index contributed by atoms with van der Waals surface area (Å²) in [6.07, 6.45) is 0.